The molecule has 0 spiro atoms. The normalized spacial score (nSPS) is 13.6. The number of aliphatic hydroxyl groups is 1. The van der Waals surface area contributed by atoms with Gasteiger partial charge >= 0.3 is 0 Å². The zero-order valence-electron chi connectivity index (χ0n) is 10.4. The predicted octanol–water partition coefficient (Wildman–Crippen LogP) is -0.785. The Morgan fingerprint density at radius 2 is 1.82 bits per heavy atom. The van der Waals surface area contributed by atoms with Crippen LogP contribution in [-0.2, 0) is 14.4 Å². The summed E-state index contributed by atoms with van der Waals surface area (Å²) in [5.41, 5.74) is 0. The summed E-state index contributed by atoms with van der Waals surface area (Å²) in [7, 11) is 0. The first-order valence-electron chi connectivity index (χ1n) is 5.54. The Bertz CT molecular complexity index is 291. The summed E-state index contributed by atoms with van der Waals surface area (Å²) in [5.74, 6) is -0.863. The molecule has 2 unspecified atom stereocenters. The highest BCUT2D eigenvalue weighted by Gasteiger charge is 2.18. The molecule has 0 bridgehead atoms. The summed E-state index contributed by atoms with van der Waals surface area (Å²) in [6.07, 6.45) is 0.541. The lowest BCUT2D eigenvalue weighted by atomic mass is 10.0. The van der Waals surface area contributed by atoms with Crippen LogP contribution in [0.4, 0.5) is 0 Å². The third kappa shape index (κ3) is 6.68. The predicted molar refractivity (Wildman–Crippen MR) is 62.2 cm³/mol. The highest BCUT2D eigenvalue weighted by Crippen LogP contribution is 2.01. The van der Waals surface area contributed by atoms with Crippen molar-refractivity contribution in [3.63, 3.8) is 0 Å². The van der Waals surface area contributed by atoms with E-state index in [4.69, 9.17) is 5.11 Å². The first kappa shape index (κ1) is 15.6. The van der Waals surface area contributed by atoms with Crippen LogP contribution in [0.5, 0.6) is 0 Å². The van der Waals surface area contributed by atoms with Crippen molar-refractivity contribution in [1.82, 2.24) is 10.6 Å². The molecule has 0 aromatic heterocycles. The molecule has 0 aromatic rings. The van der Waals surface area contributed by atoms with Gasteiger partial charge in [0, 0.05) is 19.4 Å². The minimum absolute atomic E-state index is 0.0693. The van der Waals surface area contributed by atoms with Crippen LogP contribution in [0, 0.1) is 5.92 Å². The lowest BCUT2D eigenvalue weighted by Gasteiger charge is -2.15. The molecule has 0 rings (SSSR count). The summed E-state index contributed by atoms with van der Waals surface area (Å²) in [6.45, 7) is 4.45. The van der Waals surface area contributed by atoms with Crippen LogP contribution in [0.2, 0.25) is 0 Å². The highest BCUT2D eigenvalue weighted by atomic mass is 16.3. The Kier molecular flexibility index (Phi) is 7.13. The van der Waals surface area contributed by atoms with Crippen LogP contribution in [0.25, 0.3) is 0 Å². The molecule has 98 valence electrons. The lowest BCUT2D eigenvalue weighted by Crippen LogP contribution is -2.48. The topological polar surface area (TPSA) is 95.5 Å². The molecule has 6 heteroatoms. The third-order valence-electron chi connectivity index (χ3n) is 2.45. The van der Waals surface area contributed by atoms with Crippen molar-refractivity contribution in [1.29, 1.82) is 0 Å². The molecule has 3 N–H and O–H groups in total. The van der Waals surface area contributed by atoms with Gasteiger partial charge in [0.25, 0.3) is 0 Å². The maximum absolute atomic E-state index is 11.5. The Morgan fingerprint density at radius 1 is 1.24 bits per heavy atom. The maximum atomic E-state index is 11.5. The van der Waals surface area contributed by atoms with E-state index in [1.807, 2.05) is 0 Å². The van der Waals surface area contributed by atoms with Gasteiger partial charge in [-0.2, -0.15) is 0 Å². The number of rotatable bonds is 7. The number of carbonyl (C=O) groups excluding carboxylic acids is 3. The van der Waals surface area contributed by atoms with Crippen LogP contribution in [0.3, 0.4) is 0 Å². The van der Waals surface area contributed by atoms with Crippen LogP contribution in [0.15, 0.2) is 0 Å². The van der Waals surface area contributed by atoms with E-state index in [0.29, 0.717) is 13.0 Å². The van der Waals surface area contributed by atoms with Gasteiger partial charge in [-0.05, 0) is 13.3 Å². The van der Waals surface area contributed by atoms with Crippen LogP contribution in [-0.4, -0.2) is 41.9 Å². The van der Waals surface area contributed by atoms with E-state index in [1.54, 1.807) is 6.92 Å². The Morgan fingerprint density at radius 3 is 2.24 bits per heavy atom. The van der Waals surface area contributed by atoms with Crippen LogP contribution >= 0.6 is 0 Å². The molecule has 0 saturated heterocycles. The first-order chi connectivity index (χ1) is 7.88. The molecule has 2 amide bonds. The van der Waals surface area contributed by atoms with E-state index < -0.39 is 18.6 Å². The van der Waals surface area contributed by atoms with Gasteiger partial charge in [-0.1, -0.05) is 6.92 Å². The van der Waals surface area contributed by atoms with Crippen molar-refractivity contribution in [2.45, 2.75) is 33.2 Å². The van der Waals surface area contributed by atoms with E-state index in [-0.39, 0.29) is 17.6 Å². The van der Waals surface area contributed by atoms with E-state index in [1.165, 1.54) is 13.8 Å². The molecule has 0 heterocycles. The average Bonchev–Trinajstić information content (AvgIpc) is 2.24. The molecule has 0 radical (unpaired) electrons. The quantitative estimate of drug-likeness (QED) is 0.547. The molecule has 0 aliphatic heterocycles. The molecule has 17 heavy (non-hydrogen) atoms. The van der Waals surface area contributed by atoms with Gasteiger partial charge in [-0.3, -0.25) is 14.4 Å². The fourth-order valence-electron chi connectivity index (χ4n) is 1.18. The number of ketones is 1. The minimum atomic E-state index is -0.930. The Hall–Kier alpha value is -1.43. The van der Waals surface area contributed by atoms with Crippen molar-refractivity contribution in [3.8, 4) is 0 Å². The third-order valence-corrected chi connectivity index (χ3v) is 2.45. The summed E-state index contributed by atoms with van der Waals surface area (Å²) in [6, 6.07) is -0.930. The van der Waals surface area contributed by atoms with Gasteiger partial charge < -0.3 is 15.7 Å². The van der Waals surface area contributed by atoms with E-state index in [9.17, 15) is 14.4 Å². The van der Waals surface area contributed by atoms with Crippen molar-refractivity contribution in [3.05, 3.63) is 0 Å². The van der Waals surface area contributed by atoms with Crippen molar-refractivity contribution in [2.75, 3.05) is 13.2 Å². The number of hydrogen-bond acceptors (Lipinski definition) is 4. The smallest absolute Gasteiger partial charge is 0.244 e. The summed E-state index contributed by atoms with van der Waals surface area (Å²) >= 11 is 0. The zero-order chi connectivity index (χ0) is 13.4. The summed E-state index contributed by atoms with van der Waals surface area (Å²) < 4.78 is 0. The lowest BCUT2D eigenvalue weighted by molar-refractivity contribution is -0.129. The van der Waals surface area contributed by atoms with Gasteiger partial charge in [-0.15, -0.1) is 0 Å². The zero-order valence-corrected chi connectivity index (χ0v) is 10.4. The number of amides is 2. The Balaban J connectivity index is 3.98. The Labute approximate surface area is 101 Å². The van der Waals surface area contributed by atoms with E-state index in [2.05, 4.69) is 10.6 Å². The maximum Gasteiger partial charge on any atom is 0.244 e. The molecular formula is C11H20N2O4. The second-order valence-electron chi connectivity index (χ2n) is 4.03. The summed E-state index contributed by atoms with van der Waals surface area (Å²) in [4.78, 5) is 33.2. The largest absolute Gasteiger partial charge is 0.394 e. The summed E-state index contributed by atoms with van der Waals surface area (Å²) in [5, 5.41) is 13.8. The van der Waals surface area contributed by atoms with Crippen LogP contribution < -0.4 is 10.6 Å². The number of aliphatic hydroxyl groups excluding tert-OH is 1. The molecule has 0 fully saturated rings. The van der Waals surface area contributed by atoms with Gasteiger partial charge in [0.15, 0.2) is 0 Å². The monoisotopic (exact) mass is 244 g/mol. The van der Waals surface area contributed by atoms with Gasteiger partial charge in [0.1, 0.15) is 11.8 Å². The second kappa shape index (κ2) is 7.78. The SMILES string of the molecule is CC(=O)NC(CO)C(=O)NCCC(C)C(C)=O. The van der Waals surface area contributed by atoms with Crippen molar-refractivity contribution >= 4 is 17.6 Å². The molecule has 6 nitrogen and oxygen atoms in total. The van der Waals surface area contributed by atoms with Crippen LogP contribution in [0.1, 0.15) is 27.2 Å². The second-order valence-corrected chi connectivity index (χ2v) is 4.03. The fraction of sp³-hybridized carbons (Fsp3) is 0.727. The fourth-order valence-corrected chi connectivity index (χ4v) is 1.18. The number of carbonyl (C=O) groups is 3. The van der Waals surface area contributed by atoms with Gasteiger partial charge in [0.2, 0.25) is 11.8 Å². The van der Waals surface area contributed by atoms with Gasteiger partial charge in [0.05, 0.1) is 6.61 Å². The standard InChI is InChI=1S/C11H20N2O4/c1-7(8(2)15)4-5-12-11(17)10(6-14)13-9(3)16/h7,10,14H,4-6H2,1-3H3,(H,12,17)(H,13,16). The molecule has 2 atom stereocenters. The molecule has 0 saturated carbocycles. The van der Waals surface area contributed by atoms with E-state index in [0.717, 1.165) is 0 Å². The minimum Gasteiger partial charge on any atom is -0.394 e. The number of Topliss-reactive ketones (excluding diaryl/α,β-unsaturated/α-hetero) is 1. The van der Waals surface area contributed by atoms with Gasteiger partial charge in [-0.25, -0.2) is 0 Å². The first-order valence-corrected chi connectivity index (χ1v) is 5.54. The van der Waals surface area contributed by atoms with E-state index >= 15 is 0 Å². The molecular weight excluding hydrogens is 224 g/mol. The molecule has 0 aromatic carbocycles. The number of hydrogen-bond donors (Lipinski definition) is 3. The highest BCUT2D eigenvalue weighted by molar-refractivity contribution is 5.86. The van der Waals surface area contributed by atoms with Crippen molar-refractivity contribution in [2.24, 2.45) is 5.92 Å². The molecule has 0 aliphatic rings. The number of nitrogens with one attached hydrogen (secondary N) is 2. The molecule has 0 aliphatic carbocycles. The van der Waals surface area contributed by atoms with Crippen molar-refractivity contribution < 1.29 is 19.5 Å². The average molecular weight is 244 g/mol.